The van der Waals surface area contributed by atoms with Crippen LogP contribution in [-0.2, 0) is 0 Å². The van der Waals surface area contributed by atoms with Crippen LogP contribution in [0.5, 0.6) is 0 Å². The first-order chi connectivity index (χ1) is 10.1. The molecule has 0 aromatic rings. The Hall–Kier alpha value is -0.0400. The molecule has 1 aliphatic heterocycles. The molecule has 1 saturated heterocycles. The van der Waals surface area contributed by atoms with Crippen LogP contribution in [0.3, 0.4) is 0 Å². The van der Waals surface area contributed by atoms with Crippen molar-refractivity contribution in [1.29, 1.82) is 0 Å². The second kappa shape index (κ2) is 8.18. The van der Waals surface area contributed by atoms with Crippen LogP contribution in [0.15, 0.2) is 0 Å². The van der Waals surface area contributed by atoms with Gasteiger partial charge in [0.2, 0.25) is 0 Å². The lowest BCUT2D eigenvalue weighted by molar-refractivity contribution is 0.0611. The molecule has 0 radical (unpaired) electrons. The Labute approximate surface area is 141 Å². The molecule has 0 bridgehead atoms. The molecule has 0 amide bonds. The van der Waals surface area contributed by atoms with Gasteiger partial charge in [-0.1, -0.05) is 55.4 Å². The maximum absolute atomic E-state index is 4.31. The van der Waals surface area contributed by atoms with Gasteiger partial charge in [0, 0.05) is 11.1 Å². The zero-order valence-electron chi connectivity index (χ0n) is 16.8. The van der Waals surface area contributed by atoms with Gasteiger partial charge in [-0.2, -0.15) is 0 Å². The SMILES string of the molecule is CC(C)CC1(CC(C)C)CCCC(CC(C)C)(CC(C)C)N1. The summed E-state index contributed by atoms with van der Waals surface area (Å²) in [6.07, 6.45) is 9.51. The summed E-state index contributed by atoms with van der Waals surface area (Å²) >= 11 is 0. The van der Waals surface area contributed by atoms with Crippen molar-refractivity contribution in [3.8, 4) is 0 Å². The summed E-state index contributed by atoms with van der Waals surface area (Å²) in [4.78, 5) is 0. The lowest BCUT2D eigenvalue weighted by atomic mass is 9.67. The highest BCUT2D eigenvalue weighted by molar-refractivity contribution is 5.04. The summed E-state index contributed by atoms with van der Waals surface area (Å²) in [5.41, 5.74) is 0.759. The molecule has 1 heteroatoms. The Balaban J connectivity index is 3.03. The summed E-state index contributed by atoms with van der Waals surface area (Å²) in [5, 5.41) is 4.31. The molecular formula is C21H43N. The molecule has 0 aromatic carbocycles. The van der Waals surface area contributed by atoms with E-state index >= 15 is 0 Å². The van der Waals surface area contributed by atoms with E-state index in [0.717, 1.165) is 23.7 Å². The fourth-order valence-corrected chi connectivity index (χ4v) is 5.36. The maximum Gasteiger partial charge on any atom is 0.0191 e. The molecule has 1 N–H and O–H groups in total. The summed E-state index contributed by atoms with van der Waals surface area (Å²) in [7, 11) is 0. The molecule has 0 spiro atoms. The normalized spacial score (nSPS) is 21.3. The number of rotatable bonds is 8. The molecule has 1 aliphatic rings. The van der Waals surface area contributed by atoms with Crippen molar-refractivity contribution >= 4 is 0 Å². The van der Waals surface area contributed by atoms with Crippen molar-refractivity contribution in [3.63, 3.8) is 0 Å². The smallest absolute Gasteiger partial charge is 0.0191 e. The van der Waals surface area contributed by atoms with Gasteiger partial charge in [-0.15, -0.1) is 0 Å². The average molecular weight is 310 g/mol. The molecule has 0 aliphatic carbocycles. The number of hydrogen-bond acceptors (Lipinski definition) is 1. The fourth-order valence-electron chi connectivity index (χ4n) is 5.36. The summed E-state index contributed by atoms with van der Waals surface area (Å²) < 4.78 is 0. The summed E-state index contributed by atoms with van der Waals surface area (Å²) in [5.74, 6) is 3.11. The minimum Gasteiger partial charge on any atom is -0.306 e. The van der Waals surface area contributed by atoms with Gasteiger partial charge in [-0.25, -0.2) is 0 Å². The first kappa shape index (κ1) is 20.0. The van der Waals surface area contributed by atoms with E-state index in [1.165, 1.54) is 44.9 Å². The monoisotopic (exact) mass is 309 g/mol. The van der Waals surface area contributed by atoms with Crippen LogP contribution in [0.1, 0.15) is 100 Å². The van der Waals surface area contributed by atoms with Crippen LogP contribution in [0.25, 0.3) is 0 Å². The Kier molecular flexibility index (Phi) is 7.43. The van der Waals surface area contributed by atoms with E-state index in [9.17, 15) is 0 Å². The van der Waals surface area contributed by atoms with Crippen molar-refractivity contribution in [2.24, 2.45) is 23.7 Å². The largest absolute Gasteiger partial charge is 0.306 e. The van der Waals surface area contributed by atoms with Gasteiger partial charge in [0.25, 0.3) is 0 Å². The zero-order valence-corrected chi connectivity index (χ0v) is 16.8. The number of hydrogen-bond donors (Lipinski definition) is 1. The fraction of sp³-hybridized carbons (Fsp3) is 1.00. The van der Waals surface area contributed by atoms with Crippen LogP contribution in [0, 0.1) is 23.7 Å². The van der Waals surface area contributed by atoms with Gasteiger partial charge in [0.1, 0.15) is 0 Å². The van der Waals surface area contributed by atoms with Crippen LogP contribution < -0.4 is 5.32 Å². The average Bonchev–Trinajstić information content (AvgIpc) is 2.22. The van der Waals surface area contributed by atoms with Gasteiger partial charge in [-0.3, -0.25) is 0 Å². The minimum atomic E-state index is 0.379. The van der Waals surface area contributed by atoms with Crippen molar-refractivity contribution < 1.29 is 0 Å². The highest BCUT2D eigenvalue weighted by Crippen LogP contribution is 2.42. The molecule has 132 valence electrons. The van der Waals surface area contributed by atoms with Crippen LogP contribution in [0.2, 0.25) is 0 Å². The van der Waals surface area contributed by atoms with E-state index in [-0.39, 0.29) is 0 Å². The molecule has 0 aromatic heterocycles. The van der Waals surface area contributed by atoms with Gasteiger partial charge < -0.3 is 5.32 Å². The number of nitrogens with one attached hydrogen (secondary N) is 1. The van der Waals surface area contributed by atoms with E-state index in [0.29, 0.717) is 11.1 Å². The third-order valence-electron chi connectivity index (χ3n) is 5.04. The van der Waals surface area contributed by atoms with E-state index in [1.54, 1.807) is 0 Å². The summed E-state index contributed by atoms with van der Waals surface area (Å²) in [6.45, 7) is 19.2. The highest BCUT2D eigenvalue weighted by atomic mass is 15.1. The highest BCUT2D eigenvalue weighted by Gasteiger charge is 2.44. The van der Waals surface area contributed by atoms with Crippen molar-refractivity contribution in [2.45, 2.75) is 111 Å². The van der Waals surface area contributed by atoms with Crippen LogP contribution in [0.4, 0.5) is 0 Å². The topological polar surface area (TPSA) is 12.0 Å². The van der Waals surface area contributed by atoms with Gasteiger partial charge in [-0.05, 0) is 68.6 Å². The molecule has 0 saturated carbocycles. The standard InChI is InChI=1S/C21H43N/c1-16(2)12-20(13-17(3)4)10-9-11-21(22-20,14-18(5)6)15-19(7)8/h16-19,22H,9-15H2,1-8H3. The molecule has 1 heterocycles. The predicted octanol–water partition coefficient (Wildman–Crippen LogP) is 6.42. The summed E-state index contributed by atoms with van der Waals surface area (Å²) in [6, 6.07) is 0. The van der Waals surface area contributed by atoms with Crippen LogP contribution in [-0.4, -0.2) is 11.1 Å². The molecule has 22 heavy (non-hydrogen) atoms. The second-order valence-electron chi connectivity index (χ2n) is 9.93. The first-order valence-corrected chi connectivity index (χ1v) is 9.87. The first-order valence-electron chi connectivity index (χ1n) is 9.87. The Bertz CT molecular complexity index is 264. The third kappa shape index (κ3) is 6.22. The Morgan fingerprint density at radius 2 is 0.864 bits per heavy atom. The Morgan fingerprint density at radius 1 is 0.591 bits per heavy atom. The third-order valence-corrected chi connectivity index (χ3v) is 5.04. The van der Waals surface area contributed by atoms with Crippen molar-refractivity contribution in [3.05, 3.63) is 0 Å². The number of piperidine rings is 1. The molecule has 1 fully saturated rings. The van der Waals surface area contributed by atoms with Gasteiger partial charge >= 0.3 is 0 Å². The van der Waals surface area contributed by atoms with E-state index in [1.807, 2.05) is 0 Å². The lowest BCUT2D eigenvalue weighted by Gasteiger charge is -2.53. The zero-order chi connectivity index (χ0) is 17.0. The second-order valence-corrected chi connectivity index (χ2v) is 9.93. The minimum absolute atomic E-state index is 0.379. The van der Waals surface area contributed by atoms with Gasteiger partial charge in [0.05, 0.1) is 0 Å². The van der Waals surface area contributed by atoms with E-state index in [4.69, 9.17) is 0 Å². The van der Waals surface area contributed by atoms with E-state index in [2.05, 4.69) is 60.7 Å². The molecule has 0 unspecified atom stereocenters. The van der Waals surface area contributed by atoms with Crippen molar-refractivity contribution in [2.75, 3.05) is 0 Å². The van der Waals surface area contributed by atoms with Gasteiger partial charge in [0.15, 0.2) is 0 Å². The maximum atomic E-state index is 4.31. The Morgan fingerprint density at radius 3 is 1.09 bits per heavy atom. The molecule has 0 atom stereocenters. The molecular weight excluding hydrogens is 266 g/mol. The molecule has 1 nitrogen and oxygen atoms in total. The quantitative estimate of drug-likeness (QED) is 0.545. The van der Waals surface area contributed by atoms with E-state index < -0.39 is 0 Å². The van der Waals surface area contributed by atoms with Crippen molar-refractivity contribution in [1.82, 2.24) is 5.32 Å². The predicted molar refractivity (Wildman–Crippen MR) is 100 cm³/mol. The lowest BCUT2D eigenvalue weighted by Crippen LogP contribution is -2.63. The molecule has 1 rings (SSSR count). The van der Waals surface area contributed by atoms with Crippen LogP contribution >= 0.6 is 0 Å².